The van der Waals surface area contributed by atoms with E-state index in [0.717, 1.165) is 15.6 Å². The summed E-state index contributed by atoms with van der Waals surface area (Å²) in [5.41, 5.74) is 6.69. The standard InChI is InChI=1S/C11H9FN2OS2/c12-8-3-1-7(2-4-8)9-5-16-11(14-9)17-6-10(13)15/h1-5H,6H2,(H2,13,15). The van der Waals surface area contributed by atoms with Gasteiger partial charge in [-0.2, -0.15) is 0 Å². The molecule has 0 aliphatic rings. The van der Waals surface area contributed by atoms with E-state index in [0.29, 0.717) is 0 Å². The third-order valence-corrected chi connectivity index (χ3v) is 4.00. The van der Waals surface area contributed by atoms with Gasteiger partial charge in [-0.15, -0.1) is 11.3 Å². The second kappa shape index (κ2) is 5.29. The average molecular weight is 268 g/mol. The number of rotatable bonds is 4. The van der Waals surface area contributed by atoms with Crippen molar-refractivity contribution in [1.82, 2.24) is 4.98 Å². The zero-order valence-electron chi connectivity index (χ0n) is 8.72. The molecule has 88 valence electrons. The molecule has 1 aromatic carbocycles. The summed E-state index contributed by atoms with van der Waals surface area (Å²) in [7, 11) is 0. The quantitative estimate of drug-likeness (QED) is 0.867. The van der Waals surface area contributed by atoms with Crippen molar-refractivity contribution < 1.29 is 9.18 Å². The number of nitrogens with two attached hydrogens (primary N) is 1. The summed E-state index contributed by atoms with van der Waals surface area (Å²) in [5, 5.41) is 1.87. The Balaban J connectivity index is 2.12. The van der Waals surface area contributed by atoms with Gasteiger partial charge in [0.2, 0.25) is 5.91 Å². The predicted molar refractivity (Wildman–Crippen MR) is 67.4 cm³/mol. The first kappa shape index (κ1) is 12.1. The fourth-order valence-corrected chi connectivity index (χ4v) is 2.78. The second-order valence-electron chi connectivity index (χ2n) is 3.26. The van der Waals surface area contributed by atoms with Gasteiger partial charge in [-0.25, -0.2) is 9.37 Å². The first-order valence-corrected chi connectivity index (χ1v) is 6.64. The molecule has 6 heteroatoms. The molecule has 0 fully saturated rings. The zero-order valence-corrected chi connectivity index (χ0v) is 10.4. The highest BCUT2D eigenvalue weighted by molar-refractivity contribution is 8.01. The molecule has 0 aliphatic heterocycles. The van der Waals surface area contributed by atoms with E-state index < -0.39 is 0 Å². The van der Waals surface area contributed by atoms with Gasteiger partial charge in [0.1, 0.15) is 5.82 Å². The molecule has 0 atom stereocenters. The molecule has 2 rings (SSSR count). The van der Waals surface area contributed by atoms with Gasteiger partial charge in [-0.3, -0.25) is 4.79 Å². The Morgan fingerprint density at radius 1 is 1.41 bits per heavy atom. The lowest BCUT2D eigenvalue weighted by atomic mass is 10.2. The van der Waals surface area contributed by atoms with Gasteiger partial charge < -0.3 is 5.73 Å². The van der Waals surface area contributed by atoms with Crippen LogP contribution in [0.25, 0.3) is 11.3 Å². The van der Waals surface area contributed by atoms with Gasteiger partial charge in [0.15, 0.2) is 4.34 Å². The van der Waals surface area contributed by atoms with Crippen LogP contribution in [0, 0.1) is 5.82 Å². The van der Waals surface area contributed by atoms with Crippen LogP contribution in [0.1, 0.15) is 0 Å². The van der Waals surface area contributed by atoms with Crippen LogP contribution in [0.15, 0.2) is 34.0 Å². The number of thiazole rings is 1. The summed E-state index contributed by atoms with van der Waals surface area (Å²) in [6.07, 6.45) is 0. The van der Waals surface area contributed by atoms with Crippen LogP contribution in [0.2, 0.25) is 0 Å². The van der Waals surface area contributed by atoms with Crippen molar-refractivity contribution in [1.29, 1.82) is 0 Å². The molecule has 1 aromatic heterocycles. The van der Waals surface area contributed by atoms with Gasteiger partial charge >= 0.3 is 0 Å². The minimum atomic E-state index is -0.367. The van der Waals surface area contributed by atoms with E-state index in [9.17, 15) is 9.18 Å². The number of carbonyl (C=O) groups is 1. The Bertz CT molecular complexity index is 525. The van der Waals surface area contributed by atoms with Gasteiger partial charge in [0.05, 0.1) is 11.4 Å². The largest absolute Gasteiger partial charge is 0.369 e. The maximum Gasteiger partial charge on any atom is 0.227 e. The van der Waals surface area contributed by atoms with Crippen molar-refractivity contribution in [3.05, 3.63) is 35.5 Å². The highest BCUT2D eigenvalue weighted by Gasteiger charge is 2.06. The lowest BCUT2D eigenvalue weighted by Crippen LogP contribution is -2.12. The molecule has 0 saturated carbocycles. The van der Waals surface area contributed by atoms with E-state index in [1.807, 2.05) is 5.38 Å². The SMILES string of the molecule is NC(=O)CSc1nc(-c2ccc(F)cc2)cs1. The van der Waals surface area contributed by atoms with Crippen molar-refractivity contribution in [3.63, 3.8) is 0 Å². The predicted octanol–water partition coefficient (Wildman–Crippen LogP) is 2.53. The average Bonchev–Trinajstić information content (AvgIpc) is 2.76. The molecule has 3 nitrogen and oxygen atoms in total. The Kier molecular flexibility index (Phi) is 3.75. The molecule has 0 unspecified atom stereocenters. The molecule has 1 amide bonds. The molecule has 0 bridgehead atoms. The number of thioether (sulfide) groups is 1. The smallest absolute Gasteiger partial charge is 0.227 e. The second-order valence-corrected chi connectivity index (χ2v) is 5.34. The topological polar surface area (TPSA) is 56.0 Å². The van der Waals surface area contributed by atoms with Crippen LogP contribution >= 0.6 is 23.1 Å². The molecule has 0 spiro atoms. The lowest BCUT2D eigenvalue weighted by Gasteiger charge is -1.95. The maximum atomic E-state index is 12.7. The lowest BCUT2D eigenvalue weighted by molar-refractivity contribution is -0.115. The Labute approximate surface area is 106 Å². The van der Waals surface area contributed by atoms with Crippen molar-refractivity contribution in [2.24, 2.45) is 5.73 Å². The Hall–Kier alpha value is -1.40. The van der Waals surface area contributed by atoms with Crippen molar-refractivity contribution in [3.8, 4) is 11.3 Å². The summed E-state index contributed by atoms with van der Waals surface area (Å²) < 4.78 is 13.5. The highest BCUT2D eigenvalue weighted by atomic mass is 32.2. The number of aromatic nitrogens is 1. The normalized spacial score (nSPS) is 10.4. The number of amides is 1. The number of primary amides is 1. The third-order valence-electron chi connectivity index (χ3n) is 1.96. The van der Waals surface area contributed by atoms with Crippen LogP contribution in [0.4, 0.5) is 4.39 Å². The van der Waals surface area contributed by atoms with E-state index in [-0.39, 0.29) is 17.5 Å². The van der Waals surface area contributed by atoms with E-state index in [1.54, 1.807) is 12.1 Å². The van der Waals surface area contributed by atoms with E-state index in [4.69, 9.17) is 5.73 Å². The number of nitrogens with zero attached hydrogens (tertiary/aromatic N) is 1. The van der Waals surface area contributed by atoms with Crippen molar-refractivity contribution in [2.45, 2.75) is 4.34 Å². The van der Waals surface area contributed by atoms with Crippen LogP contribution < -0.4 is 5.73 Å². The number of carbonyl (C=O) groups excluding carboxylic acids is 1. The maximum absolute atomic E-state index is 12.7. The van der Waals surface area contributed by atoms with Gasteiger partial charge in [-0.1, -0.05) is 11.8 Å². The molecular weight excluding hydrogens is 259 g/mol. The first-order chi connectivity index (χ1) is 8.15. The molecular formula is C11H9FN2OS2. The van der Waals surface area contributed by atoms with Gasteiger partial charge in [0, 0.05) is 10.9 Å². The van der Waals surface area contributed by atoms with Crippen LogP contribution in [0.3, 0.4) is 0 Å². The van der Waals surface area contributed by atoms with Crippen molar-refractivity contribution >= 4 is 29.0 Å². The fraction of sp³-hybridized carbons (Fsp3) is 0.0909. The minimum Gasteiger partial charge on any atom is -0.369 e. The molecule has 0 saturated heterocycles. The third kappa shape index (κ3) is 3.28. The number of hydrogen-bond donors (Lipinski definition) is 1. The van der Waals surface area contributed by atoms with E-state index in [1.165, 1.54) is 35.2 Å². The van der Waals surface area contributed by atoms with Crippen molar-refractivity contribution in [2.75, 3.05) is 5.75 Å². The first-order valence-electron chi connectivity index (χ1n) is 4.78. The summed E-state index contributed by atoms with van der Waals surface area (Å²) in [4.78, 5) is 15.0. The molecule has 1 heterocycles. The molecule has 0 aliphatic carbocycles. The molecule has 0 radical (unpaired) electrons. The molecule has 2 N–H and O–H groups in total. The monoisotopic (exact) mass is 268 g/mol. The summed E-state index contributed by atoms with van der Waals surface area (Å²) in [6, 6.07) is 6.13. The van der Waals surface area contributed by atoms with Gasteiger partial charge in [0.25, 0.3) is 0 Å². The van der Waals surface area contributed by atoms with E-state index >= 15 is 0 Å². The van der Waals surface area contributed by atoms with Gasteiger partial charge in [-0.05, 0) is 24.3 Å². The summed E-state index contributed by atoms with van der Waals surface area (Å²) in [5.74, 6) is -0.419. The minimum absolute atomic E-state index is 0.219. The van der Waals surface area contributed by atoms with Crippen LogP contribution in [-0.4, -0.2) is 16.6 Å². The Morgan fingerprint density at radius 2 is 2.12 bits per heavy atom. The molecule has 17 heavy (non-hydrogen) atoms. The molecule has 2 aromatic rings. The summed E-state index contributed by atoms with van der Waals surface area (Å²) >= 11 is 2.75. The Morgan fingerprint density at radius 3 is 2.76 bits per heavy atom. The zero-order chi connectivity index (χ0) is 12.3. The summed E-state index contributed by atoms with van der Waals surface area (Å²) in [6.45, 7) is 0. The highest BCUT2D eigenvalue weighted by Crippen LogP contribution is 2.28. The number of halogens is 1. The van der Waals surface area contributed by atoms with Crippen LogP contribution in [0.5, 0.6) is 0 Å². The number of hydrogen-bond acceptors (Lipinski definition) is 4. The van der Waals surface area contributed by atoms with Crippen LogP contribution in [-0.2, 0) is 4.79 Å². The number of benzene rings is 1. The fourth-order valence-electron chi connectivity index (χ4n) is 1.21. The van der Waals surface area contributed by atoms with E-state index in [2.05, 4.69) is 4.98 Å².